The summed E-state index contributed by atoms with van der Waals surface area (Å²) in [7, 11) is 3.46. The molecule has 114 valence electrons. The van der Waals surface area contributed by atoms with Gasteiger partial charge in [0.05, 0.1) is 6.04 Å². The molecule has 1 saturated heterocycles. The van der Waals surface area contributed by atoms with Crippen molar-refractivity contribution >= 4 is 17.5 Å². The van der Waals surface area contributed by atoms with Gasteiger partial charge in [-0.25, -0.2) is 0 Å². The molecule has 1 aromatic carbocycles. The second-order valence-corrected chi connectivity index (χ2v) is 5.72. The number of carbonyl (C=O) groups excluding carboxylic acids is 2. The fourth-order valence-electron chi connectivity index (χ4n) is 2.53. The molecule has 0 spiro atoms. The molecule has 1 unspecified atom stereocenters. The number of anilines is 1. The van der Waals surface area contributed by atoms with Gasteiger partial charge in [-0.2, -0.15) is 0 Å². The molecule has 1 heterocycles. The van der Waals surface area contributed by atoms with E-state index in [1.54, 1.807) is 31.1 Å². The van der Waals surface area contributed by atoms with Crippen LogP contribution in [0.3, 0.4) is 0 Å². The molecule has 1 aliphatic heterocycles. The minimum Gasteiger partial charge on any atom is -0.345 e. The van der Waals surface area contributed by atoms with Crippen LogP contribution in [0.2, 0.25) is 0 Å². The molecule has 0 radical (unpaired) electrons. The number of nitrogens with zero attached hydrogens (tertiary/aromatic N) is 1. The largest absolute Gasteiger partial charge is 0.345 e. The first kappa shape index (κ1) is 15.5. The van der Waals surface area contributed by atoms with Crippen molar-refractivity contribution in [2.24, 2.45) is 0 Å². The first-order valence-electron chi connectivity index (χ1n) is 7.35. The van der Waals surface area contributed by atoms with Crippen LogP contribution in [0.4, 0.5) is 5.69 Å². The number of aryl methyl sites for hydroxylation is 1. The summed E-state index contributed by atoms with van der Waals surface area (Å²) in [6, 6.07) is 5.28. The van der Waals surface area contributed by atoms with E-state index in [2.05, 4.69) is 10.6 Å². The van der Waals surface area contributed by atoms with Gasteiger partial charge < -0.3 is 15.5 Å². The number of hydrogen-bond acceptors (Lipinski definition) is 3. The van der Waals surface area contributed by atoms with E-state index >= 15 is 0 Å². The zero-order valence-electron chi connectivity index (χ0n) is 12.9. The van der Waals surface area contributed by atoms with E-state index < -0.39 is 0 Å². The third kappa shape index (κ3) is 3.82. The van der Waals surface area contributed by atoms with Gasteiger partial charge in [-0.1, -0.05) is 6.42 Å². The zero-order chi connectivity index (χ0) is 15.4. The number of rotatable bonds is 3. The normalized spacial score (nSPS) is 18.1. The lowest BCUT2D eigenvalue weighted by molar-refractivity contribution is -0.118. The van der Waals surface area contributed by atoms with Gasteiger partial charge in [0.15, 0.2) is 0 Å². The molecule has 2 amide bonds. The van der Waals surface area contributed by atoms with Crippen molar-refractivity contribution in [1.29, 1.82) is 0 Å². The summed E-state index contributed by atoms with van der Waals surface area (Å²) in [5.74, 6) is -0.0277. The lowest BCUT2D eigenvalue weighted by atomic mass is 10.0. The van der Waals surface area contributed by atoms with Crippen molar-refractivity contribution in [3.8, 4) is 0 Å². The number of amides is 2. The van der Waals surface area contributed by atoms with E-state index in [9.17, 15) is 9.59 Å². The topological polar surface area (TPSA) is 61.4 Å². The smallest absolute Gasteiger partial charge is 0.253 e. The van der Waals surface area contributed by atoms with Crippen LogP contribution in [0.15, 0.2) is 18.2 Å². The third-order valence-electron chi connectivity index (χ3n) is 3.76. The molecule has 5 nitrogen and oxygen atoms in total. The van der Waals surface area contributed by atoms with Crippen LogP contribution in [0.25, 0.3) is 0 Å². The van der Waals surface area contributed by atoms with E-state index in [1.807, 2.05) is 13.0 Å². The fraction of sp³-hybridized carbons (Fsp3) is 0.500. The molecule has 0 aromatic heterocycles. The molecular formula is C16H23N3O2. The molecule has 0 bridgehead atoms. The van der Waals surface area contributed by atoms with Gasteiger partial charge in [0.1, 0.15) is 0 Å². The summed E-state index contributed by atoms with van der Waals surface area (Å²) in [6.45, 7) is 2.78. The van der Waals surface area contributed by atoms with E-state index in [-0.39, 0.29) is 17.9 Å². The van der Waals surface area contributed by atoms with E-state index in [1.165, 1.54) is 0 Å². The summed E-state index contributed by atoms with van der Waals surface area (Å²) < 4.78 is 0. The van der Waals surface area contributed by atoms with Crippen LogP contribution in [-0.2, 0) is 4.79 Å². The van der Waals surface area contributed by atoms with Crippen molar-refractivity contribution in [3.05, 3.63) is 29.3 Å². The molecule has 1 atom stereocenters. The highest BCUT2D eigenvalue weighted by Gasteiger charge is 2.20. The molecule has 0 aliphatic carbocycles. The van der Waals surface area contributed by atoms with Gasteiger partial charge in [-0.15, -0.1) is 0 Å². The summed E-state index contributed by atoms with van der Waals surface area (Å²) in [4.78, 5) is 25.7. The minimum absolute atomic E-state index is 0.000728. The number of carbonyl (C=O) groups is 2. The Labute approximate surface area is 125 Å². The lowest BCUT2D eigenvalue weighted by Gasteiger charge is -2.22. The Morgan fingerprint density at radius 2 is 2.05 bits per heavy atom. The Morgan fingerprint density at radius 1 is 1.29 bits per heavy atom. The number of piperidine rings is 1. The predicted octanol–water partition coefficient (Wildman–Crippen LogP) is 1.78. The van der Waals surface area contributed by atoms with Crippen molar-refractivity contribution in [2.45, 2.75) is 32.2 Å². The minimum atomic E-state index is -0.109. The van der Waals surface area contributed by atoms with E-state index in [4.69, 9.17) is 0 Å². The predicted molar refractivity (Wildman–Crippen MR) is 83.5 cm³/mol. The van der Waals surface area contributed by atoms with Gasteiger partial charge in [0.2, 0.25) is 5.91 Å². The first-order chi connectivity index (χ1) is 9.99. The highest BCUT2D eigenvalue weighted by molar-refractivity contribution is 5.98. The maximum atomic E-state index is 12.2. The fourth-order valence-corrected chi connectivity index (χ4v) is 2.53. The Morgan fingerprint density at radius 3 is 2.62 bits per heavy atom. The molecule has 1 fully saturated rings. The number of hydrogen-bond donors (Lipinski definition) is 2. The van der Waals surface area contributed by atoms with Crippen LogP contribution < -0.4 is 10.6 Å². The molecule has 2 N–H and O–H groups in total. The average molecular weight is 289 g/mol. The highest BCUT2D eigenvalue weighted by atomic mass is 16.2. The van der Waals surface area contributed by atoms with Crippen molar-refractivity contribution < 1.29 is 9.59 Å². The molecule has 0 saturated carbocycles. The third-order valence-corrected chi connectivity index (χ3v) is 3.76. The van der Waals surface area contributed by atoms with Crippen LogP contribution in [0.1, 0.15) is 35.2 Å². The van der Waals surface area contributed by atoms with Crippen LogP contribution >= 0.6 is 0 Å². The number of nitrogens with one attached hydrogen (secondary N) is 2. The van der Waals surface area contributed by atoms with Crippen LogP contribution in [-0.4, -0.2) is 43.4 Å². The van der Waals surface area contributed by atoms with Crippen LogP contribution in [0.5, 0.6) is 0 Å². The Bertz CT molecular complexity index is 534. The lowest BCUT2D eigenvalue weighted by Crippen LogP contribution is -2.43. The van der Waals surface area contributed by atoms with Gasteiger partial charge in [0, 0.05) is 25.3 Å². The molecular weight excluding hydrogens is 266 g/mol. The first-order valence-corrected chi connectivity index (χ1v) is 7.35. The summed E-state index contributed by atoms with van der Waals surface area (Å²) in [5.41, 5.74) is 2.26. The van der Waals surface area contributed by atoms with Crippen LogP contribution in [0, 0.1) is 6.92 Å². The molecule has 1 aromatic rings. The highest BCUT2D eigenvalue weighted by Crippen LogP contribution is 2.17. The van der Waals surface area contributed by atoms with Crippen molar-refractivity contribution in [3.63, 3.8) is 0 Å². The molecule has 5 heteroatoms. The van der Waals surface area contributed by atoms with Crippen molar-refractivity contribution in [1.82, 2.24) is 10.2 Å². The molecule has 21 heavy (non-hydrogen) atoms. The standard InChI is InChI=1S/C16H23N3O2/c1-11-10-12(7-8-13(11)16(21)19(2)3)18-15(20)14-6-4-5-9-17-14/h7-8,10,14,17H,4-6,9H2,1-3H3,(H,18,20). The van der Waals surface area contributed by atoms with Crippen molar-refractivity contribution in [2.75, 3.05) is 26.0 Å². The molecule has 1 aliphatic rings. The zero-order valence-corrected chi connectivity index (χ0v) is 12.9. The number of benzene rings is 1. The maximum absolute atomic E-state index is 12.2. The Balaban J connectivity index is 2.06. The SMILES string of the molecule is Cc1cc(NC(=O)C2CCCCN2)ccc1C(=O)N(C)C. The summed E-state index contributed by atoms with van der Waals surface area (Å²) in [5, 5.41) is 6.15. The van der Waals surface area contributed by atoms with Gasteiger partial charge in [0.25, 0.3) is 5.91 Å². The second-order valence-electron chi connectivity index (χ2n) is 5.72. The van der Waals surface area contributed by atoms with E-state index in [0.29, 0.717) is 5.56 Å². The van der Waals surface area contributed by atoms with Gasteiger partial charge in [-0.3, -0.25) is 9.59 Å². The average Bonchev–Trinajstić information content (AvgIpc) is 2.47. The Hall–Kier alpha value is -1.88. The quantitative estimate of drug-likeness (QED) is 0.891. The summed E-state index contributed by atoms with van der Waals surface area (Å²) in [6.07, 6.45) is 3.09. The molecule has 2 rings (SSSR count). The maximum Gasteiger partial charge on any atom is 0.253 e. The second kappa shape index (κ2) is 6.72. The summed E-state index contributed by atoms with van der Waals surface area (Å²) >= 11 is 0. The van der Waals surface area contributed by atoms with Gasteiger partial charge in [-0.05, 0) is 50.1 Å². The van der Waals surface area contributed by atoms with E-state index in [0.717, 1.165) is 37.1 Å². The monoisotopic (exact) mass is 289 g/mol. The van der Waals surface area contributed by atoms with Gasteiger partial charge >= 0.3 is 0 Å². The Kier molecular flexibility index (Phi) is 4.96.